The van der Waals surface area contributed by atoms with Gasteiger partial charge in [-0.25, -0.2) is 4.79 Å². The smallest absolute Gasteiger partial charge is 0.336 e. The van der Waals surface area contributed by atoms with Gasteiger partial charge in [-0.3, -0.25) is 4.79 Å². The minimum atomic E-state index is -0.759. The highest BCUT2D eigenvalue weighted by atomic mass is 35.5. The Morgan fingerprint density at radius 3 is 2.00 bits per heavy atom. The molecule has 0 aliphatic rings. The van der Waals surface area contributed by atoms with Crippen LogP contribution in [0.2, 0.25) is 0 Å². The van der Waals surface area contributed by atoms with Crippen LogP contribution in [0.15, 0.2) is 70.9 Å². The van der Waals surface area contributed by atoms with Gasteiger partial charge in [0.1, 0.15) is 5.75 Å². The molecule has 0 amide bonds. The van der Waals surface area contributed by atoms with Crippen LogP contribution in [0.5, 0.6) is 5.75 Å². The van der Waals surface area contributed by atoms with Gasteiger partial charge < -0.3 is 4.74 Å². The zero-order valence-electron chi connectivity index (χ0n) is 12.2. The maximum atomic E-state index is 11.4. The number of nitriles is 1. The first-order valence-electron chi connectivity index (χ1n) is 6.68. The molecule has 24 heavy (non-hydrogen) atoms. The molecule has 0 spiro atoms. The second kappa shape index (κ2) is 8.36. The number of halogens is 1. The number of carbonyl (C=O) groups is 2. The van der Waals surface area contributed by atoms with Gasteiger partial charge >= 0.3 is 5.97 Å². The zero-order valence-corrected chi connectivity index (χ0v) is 13.0. The second-order valence-electron chi connectivity index (χ2n) is 4.41. The summed E-state index contributed by atoms with van der Waals surface area (Å²) in [4.78, 5) is 21.9. The van der Waals surface area contributed by atoms with E-state index in [-0.39, 0.29) is 0 Å². The van der Waals surface area contributed by atoms with Crippen molar-refractivity contribution in [1.82, 2.24) is 0 Å². The first-order chi connectivity index (χ1) is 11.6. The number of carbonyl (C=O) groups excluding carboxylic acids is 2. The molecule has 0 aromatic heterocycles. The summed E-state index contributed by atoms with van der Waals surface area (Å²) in [6.45, 7) is 0. The van der Waals surface area contributed by atoms with Crippen molar-refractivity contribution in [1.29, 1.82) is 5.26 Å². The lowest BCUT2D eigenvalue weighted by atomic mass is 10.2. The Labute approximate surface area is 142 Å². The van der Waals surface area contributed by atoms with Crippen molar-refractivity contribution < 1.29 is 14.3 Å². The van der Waals surface area contributed by atoms with E-state index in [1.807, 2.05) is 6.07 Å². The molecule has 7 heteroatoms. The number of hydrogen-bond acceptors (Lipinski definition) is 6. The molecule has 0 heterocycles. The fraction of sp³-hybridized carbons (Fsp3) is 0. The number of hydrogen-bond donors (Lipinski definition) is 0. The van der Waals surface area contributed by atoms with E-state index >= 15 is 0 Å². The van der Waals surface area contributed by atoms with Gasteiger partial charge in [-0.1, -0.05) is 0 Å². The lowest BCUT2D eigenvalue weighted by Gasteiger charge is -2.00. The zero-order chi connectivity index (χ0) is 17.4. The van der Waals surface area contributed by atoms with E-state index in [1.165, 1.54) is 0 Å². The highest BCUT2D eigenvalue weighted by Crippen LogP contribution is 2.21. The van der Waals surface area contributed by atoms with Crippen molar-refractivity contribution in [2.45, 2.75) is 0 Å². The third kappa shape index (κ3) is 5.48. The molecule has 6 nitrogen and oxygen atoms in total. The van der Waals surface area contributed by atoms with Gasteiger partial charge in [0.15, 0.2) is 0 Å². The summed E-state index contributed by atoms with van der Waals surface area (Å²) in [6.07, 6.45) is 1.85. The third-order valence-electron chi connectivity index (χ3n) is 2.68. The molecule has 0 aliphatic carbocycles. The third-order valence-corrected chi connectivity index (χ3v) is 2.81. The van der Waals surface area contributed by atoms with Crippen LogP contribution in [-0.4, -0.2) is 11.2 Å². The minimum Gasteiger partial charge on any atom is -0.423 e. The van der Waals surface area contributed by atoms with E-state index in [4.69, 9.17) is 21.6 Å². The quantitative estimate of drug-likeness (QED) is 0.268. The number of ether oxygens (including phenoxy) is 1. The molecule has 118 valence electrons. The molecule has 0 N–H and O–H groups in total. The molecule has 0 saturated carbocycles. The van der Waals surface area contributed by atoms with E-state index < -0.39 is 11.2 Å². The molecule has 2 aromatic carbocycles. The number of benzene rings is 2. The summed E-state index contributed by atoms with van der Waals surface area (Å²) in [6, 6.07) is 15.0. The van der Waals surface area contributed by atoms with E-state index in [1.54, 1.807) is 48.5 Å². The first-order valence-corrected chi connectivity index (χ1v) is 7.06. The van der Waals surface area contributed by atoms with Crippen LogP contribution < -0.4 is 4.74 Å². The molecule has 0 saturated heterocycles. The summed E-state index contributed by atoms with van der Waals surface area (Å²) in [7, 11) is 0. The Kier molecular flexibility index (Phi) is 5.95. The van der Waals surface area contributed by atoms with Gasteiger partial charge in [-0.15, -0.1) is 0 Å². The van der Waals surface area contributed by atoms with Crippen molar-refractivity contribution in [3.05, 3.63) is 66.2 Å². The largest absolute Gasteiger partial charge is 0.423 e. The van der Waals surface area contributed by atoms with E-state index in [0.29, 0.717) is 22.7 Å². The van der Waals surface area contributed by atoms with Crippen LogP contribution in [0.4, 0.5) is 11.4 Å². The summed E-state index contributed by atoms with van der Waals surface area (Å²) in [5, 5.41) is 16.0. The van der Waals surface area contributed by atoms with Gasteiger partial charge in [-0.2, -0.15) is 15.5 Å². The maximum Gasteiger partial charge on any atom is 0.336 e. The maximum absolute atomic E-state index is 11.4. The molecule has 2 aromatic rings. The predicted molar refractivity (Wildman–Crippen MR) is 87.4 cm³/mol. The molecular formula is C17H10ClN3O3. The molecule has 0 radical (unpaired) electrons. The monoisotopic (exact) mass is 339 g/mol. The Balaban J connectivity index is 1.98. The lowest BCUT2D eigenvalue weighted by molar-refractivity contribution is -0.129. The summed E-state index contributed by atoms with van der Waals surface area (Å²) in [5.41, 5.74) is 1.72. The lowest BCUT2D eigenvalue weighted by Crippen LogP contribution is -2.03. The van der Waals surface area contributed by atoms with Crippen molar-refractivity contribution in [3.8, 4) is 11.8 Å². The van der Waals surface area contributed by atoms with Gasteiger partial charge in [0, 0.05) is 12.2 Å². The van der Waals surface area contributed by atoms with Crippen LogP contribution in [0.1, 0.15) is 5.56 Å². The number of allylic oxidation sites excluding steroid dienone is 1. The highest BCUT2D eigenvalue weighted by Gasteiger charge is 2.01. The SMILES string of the molecule is N#Cc1ccc(N=Nc2ccc(OC(=O)/C=C/C(=O)Cl)cc2)cc1. The standard InChI is InChI=1S/C17H10ClN3O3/c18-16(22)9-10-17(23)24-15-7-5-14(6-8-15)21-20-13-3-1-12(11-19)2-4-13/h1-10H/b10-9+,21-20?. The molecule has 0 unspecified atom stereocenters. The fourth-order valence-electron chi connectivity index (χ4n) is 1.58. The number of nitrogens with zero attached hydrogens (tertiary/aromatic N) is 3. The van der Waals surface area contributed by atoms with Gasteiger partial charge in [0.25, 0.3) is 0 Å². The van der Waals surface area contributed by atoms with E-state index in [0.717, 1.165) is 12.2 Å². The summed E-state index contributed by atoms with van der Waals surface area (Å²) < 4.78 is 4.97. The average molecular weight is 340 g/mol. The van der Waals surface area contributed by atoms with Crippen LogP contribution in [0, 0.1) is 11.3 Å². The number of rotatable bonds is 5. The Hall–Kier alpha value is -3.30. The molecular weight excluding hydrogens is 330 g/mol. The van der Waals surface area contributed by atoms with Gasteiger partial charge in [-0.05, 0) is 60.1 Å². The normalized spacial score (nSPS) is 10.7. The molecule has 0 aliphatic heterocycles. The van der Waals surface area contributed by atoms with E-state index in [9.17, 15) is 9.59 Å². The van der Waals surface area contributed by atoms with Crippen molar-refractivity contribution >= 4 is 34.2 Å². The average Bonchev–Trinajstić information content (AvgIpc) is 2.60. The van der Waals surface area contributed by atoms with Crippen molar-refractivity contribution in [2.75, 3.05) is 0 Å². The highest BCUT2D eigenvalue weighted by molar-refractivity contribution is 6.66. The Morgan fingerprint density at radius 1 is 0.958 bits per heavy atom. The Bertz CT molecular complexity index is 835. The van der Waals surface area contributed by atoms with E-state index in [2.05, 4.69) is 10.2 Å². The predicted octanol–water partition coefficient (Wildman–Crippen LogP) is 4.20. The molecule has 0 fully saturated rings. The topological polar surface area (TPSA) is 91.9 Å². The first kappa shape index (κ1) is 17.1. The number of esters is 1. The summed E-state index contributed by atoms with van der Waals surface area (Å²) >= 11 is 5.08. The Morgan fingerprint density at radius 2 is 1.50 bits per heavy atom. The molecule has 2 rings (SSSR count). The van der Waals surface area contributed by atoms with Gasteiger partial charge in [0.2, 0.25) is 5.24 Å². The van der Waals surface area contributed by atoms with Crippen LogP contribution in [-0.2, 0) is 9.59 Å². The van der Waals surface area contributed by atoms with Crippen LogP contribution in [0.25, 0.3) is 0 Å². The van der Waals surface area contributed by atoms with Gasteiger partial charge in [0.05, 0.1) is 23.0 Å². The van der Waals surface area contributed by atoms with Crippen molar-refractivity contribution in [3.63, 3.8) is 0 Å². The molecule has 0 bridgehead atoms. The number of azo groups is 1. The second-order valence-corrected chi connectivity index (χ2v) is 4.78. The molecule has 0 atom stereocenters. The van der Waals surface area contributed by atoms with Crippen LogP contribution >= 0.6 is 11.6 Å². The fourth-order valence-corrected chi connectivity index (χ4v) is 1.65. The van der Waals surface area contributed by atoms with Crippen molar-refractivity contribution in [2.24, 2.45) is 10.2 Å². The minimum absolute atomic E-state index is 0.295. The van der Waals surface area contributed by atoms with Crippen LogP contribution in [0.3, 0.4) is 0 Å². The summed E-state index contributed by atoms with van der Waals surface area (Å²) in [5.74, 6) is -0.417.